The second kappa shape index (κ2) is 5.10. The van der Waals surface area contributed by atoms with Crippen molar-refractivity contribution >= 4 is 20.5 Å². The van der Waals surface area contributed by atoms with Crippen LogP contribution in [-0.4, -0.2) is 15.3 Å². The SMILES string of the molecule is CC(=O)CC[Si]c1cccc(C)c1C. The van der Waals surface area contributed by atoms with Crippen LogP contribution in [-0.2, 0) is 4.79 Å². The summed E-state index contributed by atoms with van der Waals surface area (Å²) in [4.78, 5) is 10.8. The molecule has 1 aromatic rings. The first-order valence-electron chi connectivity index (χ1n) is 4.91. The Hall–Kier alpha value is -0.893. The van der Waals surface area contributed by atoms with Crippen molar-refractivity contribution < 1.29 is 4.79 Å². The largest absolute Gasteiger partial charge is 0.300 e. The molecule has 0 aliphatic rings. The molecule has 0 saturated heterocycles. The average Bonchev–Trinajstić information content (AvgIpc) is 2.12. The van der Waals surface area contributed by atoms with Crippen molar-refractivity contribution in [2.24, 2.45) is 0 Å². The number of Topliss-reactive ketones (excluding diaryl/α,β-unsaturated/α-hetero) is 1. The van der Waals surface area contributed by atoms with Gasteiger partial charge in [-0.05, 0) is 37.9 Å². The average molecular weight is 204 g/mol. The molecular weight excluding hydrogens is 188 g/mol. The second-order valence-corrected chi connectivity index (χ2v) is 5.02. The van der Waals surface area contributed by atoms with Crippen LogP contribution in [0.3, 0.4) is 0 Å². The minimum atomic E-state index is 0.294. The molecule has 2 radical (unpaired) electrons. The Labute approximate surface area is 88.4 Å². The van der Waals surface area contributed by atoms with Crippen molar-refractivity contribution in [2.75, 3.05) is 0 Å². The molecule has 1 nitrogen and oxygen atoms in total. The zero-order chi connectivity index (χ0) is 10.6. The smallest absolute Gasteiger partial charge is 0.129 e. The lowest BCUT2D eigenvalue weighted by molar-refractivity contribution is -0.116. The third-order valence-electron chi connectivity index (χ3n) is 2.40. The summed E-state index contributed by atoms with van der Waals surface area (Å²) in [6, 6.07) is 7.40. The normalized spacial score (nSPS) is 10.2. The van der Waals surface area contributed by atoms with Gasteiger partial charge in [-0.3, -0.25) is 0 Å². The van der Waals surface area contributed by atoms with Gasteiger partial charge in [0.25, 0.3) is 0 Å². The van der Waals surface area contributed by atoms with Gasteiger partial charge in [0.2, 0.25) is 0 Å². The molecule has 0 aliphatic carbocycles. The van der Waals surface area contributed by atoms with Crippen LogP contribution in [0.2, 0.25) is 6.04 Å². The first kappa shape index (κ1) is 11.2. The number of hydrogen-bond donors (Lipinski definition) is 0. The minimum Gasteiger partial charge on any atom is -0.300 e. The van der Waals surface area contributed by atoms with Gasteiger partial charge in [-0.15, -0.1) is 0 Å². The van der Waals surface area contributed by atoms with Crippen LogP contribution in [0.15, 0.2) is 18.2 Å². The zero-order valence-corrected chi connectivity index (χ0v) is 10.1. The number of hydrogen-bond acceptors (Lipinski definition) is 1. The Morgan fingerprint density at radius 3 is 2.71 bits per heavy atom. The van der Waals surface area contributed by atoms with Crippen LogP contribution in [0, 0.1) is 13.8 Å². The molecule has 74 valence electrons. The molecule has 0 aromatic heterocycles. The molecule has 0 atom stereocenters. The summed E-state index contributed by atoms with van der Waals surface area (Å²) in [5.41, 5.74) is 2.73. The van der Waals surface area contributed by atoms with Crippen LogP contribution in [0.4, 0.5) is 0 Å². The number of carbonyl (C=O) groups is 1. The van der Waals surface area contributed by atoms with E-state index in [0.29, 0.717) is 12.2 Å². The minimum absolute atomic E-state index is 0.294. The summed E-state index contributed by atoms with van der Waals surface area (Å²) >= 11 is 0. The van der Waals surface area contributed by atoms with Gasteiger partial charge < -0.3 is 4.79 Å². The maximum atomic E-state index is 10.8. The van der Waals surface area contributed by atoms with Crippen LogP contribution in [0.1, 0.15) is 24.5 Å². The van der Waals surface area contributed by atoms with E-state index in [1.807, 2.05) is 0 Å². The number of aryl methyl sites for hydroxylation is 1. The fourth-order valence-corrected chi connectivity index (χ4v) is 2.74. The highest BCUT2D eigenvalue weighted by Crippen LogP contribution is 2.03. The molecule has 0 saturated carbocycles. The summed E-state index contributed by atoms with van der Waals surface area (Å²) in [7, 11) is 0.772. The Balaban J connectivity index is 2.59. The third-order valence-corrected chi connectivity index (χ3v) is 3.82. The highest BCUT2D eigenvalue weighted by molar-refractivity contribution is 6.54. The van der Waals surface area contributed by atoms with Gasteiger partial charge >= 0.3 is 0 Å². The predicted octanol–water partition coefficient (Wildman–Crippen LogP) is 2.03. The molecule has 0 N–H and O–H groups in total. The molecule has 0 amide bonds. The van der Waals surface area contributed by atoms with Crippen molar-refractivity contribution in [2.45, 2.75) is 33.2 Å². The van der Waals surface area contributed by atoms with E-state index < -0.39 is 0 Å². The van der Waals surface area contributed by atoms with Gasteiger partial charge in [-0.25, -0.2) is 0 Å². The molecule has 1 rings (SSSR count). The van der Waals surface area contributed by atoms with Gasteiger partial charge in [0.05, 0.1) is 9.52 Å². The van der Waals surface area contributed by atoms with E-state index in [1.54, 1.807) is 6.92 Å². The highest BCUT2D eigenvalue weighted by Gasteiger charge is 2.02. The topological polar surface area (TPSA) is 17.1 Å². The van der Waals surface area contributed by atoms with E-state index >= 15 is 0 Å². The maximum Gasteiger partial charge on any atom is 0.129 e. The molecule has 0 heterocycles. The zero-order valence-electron chi connectivity index (χ0n) is 9.05. The summed E-state index contributed by atoms with van der Waals surface area (Å²) in [5.74, 6) is 0.294. The standard InChI is InChI=1S/C12H16OSi/c1-9-5-4-6-12(11(9)3)14-8-7-10(2)13/h4-6H,7-8H2,1-3H3. The number of ketones is 1. The van der Waals surface area contributed by atoms with E-state index in [9.17, 15) is 4.79 Å². The molecule has 0 unspecified atom stereocenters. The molecular formula is C12H16OSi. The Bertz CT molecular complexity index is 331. The van der Waals surface area contributed by atoms with Crippen LogP contribution >= 0.6 is 0 Å². The van der Waals surface area contributed by atoms with Crippen LogP contribution < -0.4 is 5.19 Å². The number of benzene rings is 1. The summed E-state index contributed by atoms with van der Waals surface area (Å²) in [5, 5.41) is 1.41. The second-order valence-electron chi connectivity index (χ2n) is 3.63. The first-order valence-corrected chi connectivity index (χ1v) is 6.11. The molecule has 2 heteroatoms. The monoisotopic (exact) mass is 204 g/mol. The molecule has 0 aliphatic heterocycles. The van der Waals surface area contributed by atoms with Crippen molar-refractivity contribution in [3.63, 3.8) is 0 Å². The van der Waals surface area contributed by atoms with Gasteiger partial charge in [-0.1, -0.05) is 23.4 Å². The van der Waals surface area contributed by atoms with E-state index in [1.165, 1.54) is 16.3 Å². The Kier molecular flexibility index (Phi) is 4.08. The van der Waals surface area contributed by atoms with E-state index in [2.05, 4.69) is 32.0 Å². The summed E-state index contributed by atoms with van der Waals surface area (Å²) in [6.07, 6.45) is 0.714. The Morgan fingerprint density at radius 1 is 1.36 bits per heavy atom. The summed E-state index contributed by atoms with van der Waals surface area (Å²) in [6.45, 7) is 5.95. The third kappa shape index (κ3) is 3.11. The first-order chi connectivity index (χ1) is 6.61. The molecule has 0 spiro atoms. The molecule has 14 heavy (non-hydrogen) atoms. The highest BCUT2D eigenvalue weighted by atomic mass is 28.2. The van der Waals surface area contributed by atoms with E-state index in [0.717, 1.165) is 15.6 Å². The number of carbonyl (C=O) groups excluding carboxylic acids is 1. The molecule has 0 fully saturated rings. The van der Waals surface area contributed by atoms with Crippen molar-refractivity contribution in [1.82, 2.24) is 0 Å². The Morgan fingerprint density at radius 2 is 2.07 bits per heavy atom. The lowest BCUT2D eigenvalue weighted by Gasteiger charge is -2.06. The molecule has 0 bridgehead atoms. The summed E-state index contributed by atoms with van der Waals surface area (Å²) < 4.78 is 0. The van der Waals surface area contributed by atoms with Crippen LogP contribution in [0.25, 0.3) is 0 Å². The predicted molar refractivity (Wildman–Crippen MR) is 61.4 cm³/mol. The maximum absolute atomic E-state index is 10.8. The van der Waals surface area contributed by atoms with Gasteiger partial charge in [0.15, 0.2) is 0 Å². The quantitative estimate of drug-likeness (QED) is 0.686. The van der Waals surface area contributed by atoms with Crippen molar-refractivity contribution in [1.29, 1.82) is 0 Å². The molecule has 1 aromatic carbocycles. The lowest BCUT2D eigenvalue weighted by Crippen LogP contribution is -2.18. The number of rotatable bonds is 4. The van der Waals surface area contributed by atoms with E-state index in [-0.39, 0.29) is 0 Å². The van der Waals surface area contributed by atoms with Gasteiger partial charge in [0.1, 0.15) is 5.78 Å². The van der Waals surface area contributed by atoms with Gasteiger partial charge in [0, 0.05) is 6.42 Å². The van der Waals surface area contributed by atoms with Gasteiger partial charge in [-0.2, -0.15) is 0 Å². The lowest BCUT2D eigenvalue weighted by atomic mass is 10.1. The van der Waals surface area contributed by atoms with E-state index in [4.69, 9.17) is 0 Å². The van der Waals surface area contributed by atoms with Crippen molar-refractivity contribution in [3.8, 4) is 0 Å². The fraction of sp³-hybridized carbons (Fsp3) is 0.417. The fourth-order valence-electron chi connectivity index (χ4n) is 1.32. The van der Waals surface area contributed by atoms with Crippen molar-refractivity contribution in [3.05, 3.63) is 29.3 Å². The van der Waals surface area contributed by atoms with Crippen LogP contribution in [0.5, 0.6) is 0 Å².